The van der Waals surface area contributed by atoms with Crippen molar-refractivity contribution in [1.82, 2.24) is 9.55 Å². The molecule has 2 aromatic rings. The first kappa shape index (κ1) is 11.7. The molecule has 1 aliphatic carbocycles. The maximum Gasteiger partial charge on any atom is 0.112 e. The minimum absolute atomic E-state index is 0.585. The van der Waals surface area contributed by atoms with Crippen LogP contribution in [0.15, 0.2) is 18.2 Å². The summed E-state index contributed by atoms with van der Waals surface area (Å²) in [6, 6.07) is 6.37. The van der Waals surface area contributed by atoms with E-state index < -0.39 is 0 Å². The van der Waals surface area contributed by atoms with Crippen molar-refractivity contribution in [2.75, 3.05) is 0 Å². The second kappa shape index (κ2) is 4.39. The van der Waals surface area contributed by atoms with Crippen LogP contribution in [0.2, 0.25) is 0 Å². The van der Waals surface area contributed by atoms with Gasteiger partial charge in [-0.1, -0.05) is 19.4 Å². The highest BCUT2D eigenvalue weighted by atomic mass is 15.1. The Labute approximate surface area is 108 Å². The number of rotatable bonds is 2. The molecule has 0 aliphatic heterocycles. The van der Waals surface area contributed by atoms with E-state index in [4.69, 9.17) is 10.7 Å². The average molecular weight is 243 g/mol. The Balaban J connectivity index is 2.10. The maximum atomic E-state index is 5.70. The molecule has 18 heavy (non-hydrogen) atoms. The predicted molar refractivity (Wildman–Crippen MR) is 74.4 cm³/mol. The standard InChI is InChI=1S/C15H21N3/c1-10-4-3-5-12(10)15-17-13-8-11(9-16)6-7-14(13)18(15)2/h6-8,10,12H,3-5,9,16H2,1-2H3. The van der Waals surface area contributed by atoms with Crippen molar-refractivity contribution in [1.29, 1.82) is 0 Å². The highest BCUT2D eigenvalue weighted by Gasteiger charge is 2.28. The molecule has 2 unspecified atom stereocenters. The molecule has 1 saturated carbocycles. The Bertz CT molecular complexity index is 570. The van der Waals surface area contributed by atoms with Crippen LogP contribution in [0.4, 0.5) is 0 Å². The fourth-order valence-electron chi connectivity index (χ4n) is 3.25. The van der Waals surface area contributed by atoms with Gasteiger partial charge in [-0.05, 0) is 36.5 Å². The lowest BCUT2D eigenvalue weighted by molar-refractivity contribution is 0.499. The molecular formula is C15H21N3. The van der Waals surface area contributed by atoms with Gasteiger partial charge >= 0.3 is 0 Å². The van der Waals surface area contributed by atoms with Crippen LogP contribution in [-0.4, -0.2) is 9.55 Å². The molecule has 0 saturated heterocycles. The number of hydrogen-bond acceptors (Lipinski definition) is 2. The van der Waals surface area contributed by atoms with E-state index in [0.29, 0.717) is 12.5 Å². The molecular weight excluding hydrogens is 222 g/mol. The number of nitrogens with two attached hydrogens (primary N) is 1. The van der Waals surface area contributed by atoms with Crippen molar-refractivity contribution >= 4 is 11.0 Å². The lowest BCUT2D eigenvalue weighted by Gasteiger charge is -2.14. The van der Waals surface area contributed by atoms with E-state index in [1.165, 1.54) is 30.6 Å². The third-order valence-electron chi connectivity index (χ3n) is 4.41. The van der Waals surface area contributed by atoms with E-state index in [1.54, 1.807) is 0 Å². The van der Waals surface area contributed by atoms with E-state index in [-0.39, 0.29) is 0 Å². The zero-order valence-corrected chi connectivity index (χ0v) is 11.2. The number of hydrogen-bond donors (Lipinski definition) is 1. The van der Waals surface area contributed by atoms with Gasteiger partial charge in [0.15, 0.2) is 0 Å². The Morgan fingerprint density at radius 3 is 2.89 bits per heavy atom. The SMILES string of the molecule is CC1CCCC1c1nc2cc(CN)ccc2n1C. The van der Waals surface area contributed by atoms with Crippen LogP contribution in [0, 0.1) is 5.92 Å². The molecule has 1 aromatic heterocycles. The monoisotopic (exact) mass is 243 g/mol. The second-order valence-electron chi connectivity index (χ2n) is 5.57. The Morgan fingerprint density at radius 1 is 1.39 bits per heavy atom. The highest BCUT2D eigenvalue weighted by molar-refractivity contribution is 5.77. The van der Waals surface area contributed by atoms with Gasteiger partial charge < -0.3 is 10.3 Å². The van der Waals surface area contributed by atoms with Gasteiger partial charge in [0.25, 0.3) is 0 Å². The molecule has 0 bridgehead atoms. The first-order valence-corrected chi connectivity index (χ1v) is 6.86. The Hall–Kier alpha value is -1.35. The lowest BCUT2D eigenvalue weighted by atomic mass is 9.97. The number of aromatic nitrogens is 2. The van der Waals surface area contributed by atoms with Crippen molar-refractivity contribution in [2.24, 2.45) is 18.7 Å². The third-order valence-corrected chi connectivity index (χ3v) is 4.41. The predicted octanol–water partition coefficient (Wildman–Crippen LogP) is 2.94. The number of fused-ring (bicyclic) bond motifs is 1. The molecule has 1 fully saturated rings. The minimum Gasteiger partial charge on any atom is -0.331 e. The summed E-state index contributed by atoms with van der Waals surface area (Å²) in [5, 5.41) is 0. The van der Waals surface area contributed by atoms with E-state index in [0.717, 1.165) is 17.0 Å². The summed E-state index contributed by atoms with van der Waals surface area (Å²) in [6.45, 7) is 2.93. The van der Waals surface area contributed by atoms with Crippen LogP contribution >= 0.6 is 0 Å². The lowest BCUT2D eigenvalue weighted by Crippen LogP contribution is -2.08. The average Bonchev–Trinajstić information content (AvgIpc) is 2.93. The zero-order valence-electron chi connectivity index (χ0n) is 11.2. The second-order valence-corrected chi connectivity index (χ2v) is 5.57. The first-order chi connectivity index (χ1) is 8.70. The molecule has 0 radical (unpaired) electrons. The summed E-state index contributed by atoms with van der Waals surface area (Å²) in [5.74, 6) is 2.64. The van der Waals surface area contributed by atoms with E-state index in [1.807, 2.05) is 0 Å². The van der Waals surface area contributed by atoms with Gasteiger partial charge in [-0.2, -0.15) is 0 Å². The number of imidazole rings is 1. The van der Waals surface area contributed by atoms with Gasteiger partial charge in [0.05, 0.1) is 11.0 Å². The van der Waals surface area contributed by atoms with E-state index in [2.05, 4.69) is 36.7 Å². The molecule has 1 aliphatic rings. The summed E-state index contributed by atoms with van der Waals surface area (Å²) < 4.78 is 2.27. The Kier molecular flexibility index (Phi) is 2.86. The Morgan fingerprint density at radius 2 is 2.22 bits per heavy atom. The highest BCUT2D eigenvalue weighted by Crippen LogP contribution is 2.39. The van der Waals surface area contributed by atoms with Crippen LogP contribution in [0.1, 0.15) is 43.5 Å². The van der Waals surface area contributed by atoms with Gasteiger partial charge in [-0.25, -0.2) is 4.98 Å². The number of nitrogens with zero attached hydrogens (tertiary/aromatic N) is 2. The molecule has 0 amide bonds. The van der Waals surface area contributed by atoms with E-state index in [9.17, 15) is 0 Å². The van der Waals surface area contributed by atoms with Gasteiger partial charge in [0.2, 0.25) is 0 Å². The van der Waals surface area contributed by atoms with Crippen LogP contribution in [0.5, 0.6) is 0 Å². The molecule has 96 valence electrons. The van der Waals surface area contributed by atoms with Crippen LogP contribution in [-0.2, 0) is 13.6 Å². The maximum absolute atomic E-state index is 5.70. The van der Waals surface area contributed by atoms with Crippen LogP contribution in [0.25, 0.3) is 11.0 Å². The summed E-state index contributed by atoms with van der Waals surface area (Å²) in [4.78, 5) is 4.86. The fourth-order valence-corrected chi connectivity index (χ4v) is 3.25. The third kappa shape index (κ3) is 1.74. The number of benzene rings is 1. The van der Waals surface area contributed by atoms with Crippen molar-refractivity contribution in [2.45, 2.75) is 38.6 Å². The van der Waals surface area contributed by atoms with Gasteiger partial charge in [0, 0.05) is 19.5 Å². The molecule has 3 rings (SSSR count). The van der Waals surface area contributed by atoms with Gasteiger partial charge in [-0.15, -0.1) is 0 Å². The van der Waals surface area contributed by atoms with Crippen molar-refractivity contribution in [3.05, 3.63) is 29.6 Å². The molecule has 1 heterocycles. The summed E-state index contributed by atoms with van der Waals surface area (Å²) in [5.41, 5.74) is 9.17. The number of aryl methyl sites for hydroxylation is 1. The summed E-state index contributed by atoms with van der Waals surface area (Å²) >= 11 is 0. The summed E-state index contributed by atoms with van der Waals surface area (Å²) in [6.07, 6.45) is 3.95. The fraction of sp³-hybridized carbons (Fsp3) is 0.533. The normalized spacial score (nSPS) is 23.9. The summed E-state index contributed by atoms with van der Waals surface area (Å²) in [7, 11) is 2.14. The van der Waals surface area contributed by atoms with Gasteiger partial charge in [-0.3, -0.25) is 0 Å². The van der Waals surface area contributed by atoms with Gasteiger partial charge in [0.1, 0.15) is 5.82 Å². The first-order valence-electron chi connectivity index (χ1n) is 6.86. The topological polar surface area (TPSA) is 43.8 Å². The van der Waals surface area contributed by atoms with E-state index >= 15 is 0 Å². The molecule has 1 aromatic carbocycles. The quantitative estimate of drug-likeness (QED) is 0.881. The molecule has 0 spiro atoms. The van der Waals surface area contributed by atoms with Crippen molar-refractivity contribution in [3.63, 3.8) is 0 Å². The molecule has 3 nitrogen and oxygen atoms in total. The largest absolute Gasteiger partial charge is 0.331 e. The van der Waals surface area contributed by atoms with Crippen LogP contribution < -0.4 is 5.73 Å². The zero-order chi connectivity index (χ0) is 12.7. The molecule has 2 N–H and O–H groups in total. The minimum atomic E-state index is 0.585. The molecule has 3 heteroatoms. The van der Waals surface area contributed by atoms with Crippen molar-refractivity contribution < 1.29 is 0 Å². The smallest absolute Gasteiger partial charge is 0.112 e. The van der Waals surface area contributed by atoms with Crippen molar-refractivity contribution in [3.8, 4) is 0 Å². The van der Waals surface area contributed by atoms with Crippen LogP contribution in [0.3, 0.4) is 0 Å². The molecule has 2 atom stereocenters.